The zero-order valence-corrected chi connectivity index (χ0v) is 14.7. The lowest BCUT2D eigenvalue weighted by Gasteiger charge is -2.16. The summed E-state index contributed by atoms with van der Waals surface area (Å²) in [4.78, 5) is 29.2. The van der Waals surface area contributed by atoms with E-state index < -0.39 is 0 Å². The molecule has 2 amide bonds. The molecule has 0 bridgehead atoms. The Morgan fingerprint density at radius 3 is 2.16 bits per heavy atom. The van der Waals surface area contributed by atoms with Crippen LogP contribution in [0.1, 0.15) is 18.9 Å². The molecule has 0 spiro atoms. The summed E-state index contributed by atoms with van der Waals surface area (Å²) in [7, 11) is 2.01. The third-order valence-corrected chi connectivity index (χ3v) is 3.74. The predicted octanol–water partition coefficient (Wildman–Crippen LogP) is 2.54. The molecule has 132 valence electrons. The number of amides is 2. The molecule has 2 rings (SSSR count). The Labute approximate surface area is 148 Å². The van der Waals surface area contributed by atoms with Crippen molar-refractivity contribution in [1.82, 2.24) is 9.88 Å². The van der Waals surface area contributed by atoms with Crippen LogP contribution in [-0.4, -0.2) is 41.8 Å². The van der Waals surface area contributed by atoms with Crippen LogP contribution in [-0.2, 0) is 16.0 Å². The number of hydrogen-bond donors (Lipinski definition) is 2. The number of rotatable bonds is 8. The fourth-order valence-corrected chi connectivity index (χ4v) is 2.34. The minimum atomic E-state index is -0.119. The molecule has 0 aliphatic rings. The lowest BCUT2D eigenvalue weighted by atomic mass is 10.2. The standard InChI is InChI=1S/C19H24N4O2/c1-15(24)21-17-3-5-18(6-4-17)22-19(25)10-14-23(2)13-9-16-7-11-20-12-8-16/h3-8,11-12H,9-10,13-14H2,1-2H3,(H,21,24)(H,22,25). The molecule has 0 aliphatic carbocycles. The van der Waals surface area contributed by atoms with Gasteiger partial charge in [-0.05, 0) is 55.4 Å². The van der Waals surface area contributed by atoms with E-state index in [1.807, 2.05) is 19.2 Å². The van der Waals surface area contributed by atoms with Gasteiger partial charge in [0.05, 0.1) is 0 Å². The van der Waals surface area contributed by atoms with E-state index in [0.29, 0.717) is 18.7 Å². The first-order chi connectivity index (χ1) is 12.0. The third-order valence-electron chi connectivity index (χ3n) is 3.74. The first-order valence-electron chi connectivity index (χ1n) is 8.28. The second-order valence-corrected chi connectivity index (χ2v) is 5.97. The van der Waals surface area contributed by atoms with Gasteiger partial charge in [-0.3, -0.25) is 14.6 Å². The fraction of sp³-hybridized carbons (Fsp3) is 0.316. The van der Waals surface area contributed by atoms with Gasteiger partial charge in [0.15, 0.2) is 0 Å². The number of hydrogen-bond acceptors (Lipinski definition) is 4. The quantitative estimate of drug-likeness (QED) is 0.774. The molecular formula is C19H24N4O2. The number of benzene rings is 1. The summed E-state index contributed by atoms with van der Waals surface area (Å²) in [6.45, 7) is 3.05. The van der Waals surface area contributed by atoms with Crippen molar-refractivity contribution < 1.29 is 9.59 Å². The topological polar surface area (TPSA) is 74.3 Å². The van der Waals surface area contributed by atoms with Gasteiger partial charge in [-0.15, -0.1) is 0 Å². The molecule has 0 aliphatic heterocycles. The summed E-state index contributed by atoms with van der Waals surface area (Å²) >= 11 is 0. The number of nitrogens with one attached hydrogen (secondary N) is 2. The highest BCUT2D eigenvalue weighted by atomic mass is 16.2. The van der Waals surface area contributed by atoms with E-state index in [4.69, 9.17) is 0 Å². The van der Waals surface area contributed by atoms with Crippen molar-refractivity contribution in [3.8, 4) is 0 Å². The summed E-state index contributed by atoms with van der Waals surface area (Å²) in [5.41, 5.74) is 2.67. The highest BCUT2D eigenvalue weighted by Gasteiger charge is 2.06. The average molecular weight is 340 g/mol. The van der Waals surface area contributed by atoms with E-state index in [1.54, 1.807) is 36.7 Å². The van der Waals surface area contributed by atoms with Crippen LogP contribution in [0.15, 0.2) is 48.8 Å². The van der Waals surface area contributed by atoms with Crippen molar-refractivity contribution >= 4 is 23.2 Å². The maximum Gasteiger partial charge on any atom is 0.225 e. The molecule has 2 aromatic rings. The van der Waals surface area contributed by atoms with E-state index in [2.05, 4.69) is 20.5 Å². The summed E-state index contributed by atoms with van der Waals surface area (Å²) < 4.78 is 0. The summed E-state index contributed by atoms with van der Waals surface area (Å²) in [5, 5.41) is 5.56. The van der Waals surface area contributed by atoms with E-state index in [9.17, 15) is 9.59 Å². The molecule has 0 saturated heterocycles. The molecule has 1 aromatic heterocycles. The van der Waals surface area contributed by atoms with Crippen LogP contribution in [0.5, 0.6) is 0 Å². The number of likely N-dealkylation sites (N-methyl/N-ethyl adjacent to an activating group) is 1. The van der Waals surface area contributed by atoms with Crippen molar-refractivity contribution in [3.05, 3.63) is 54.4 Å². The number of anilines is 2. The first kappa shape index (κ1) is 18.6. The van der Waals surface area contributed by atoms with Crippen molar-refractivity contribution in [2.24, 2.45) is 0 Å². The maximum absolute atomic E-state index is 12.0. The van der Waals surface area contributed by atoms with Gasteiger partial charge >= 0.3 is 0 Å². The lowest BCUT2D eigenvalue weighted by Crippen LogP contribution is -2.26. The van der Waals surface area contributed by atoms with E-state index in [-0.39, 0.29) is 11.8 Å². The fourth-order valence-electron chi connectivity index (χ4n) is 2.34. The molecule has 0 radical (unpaired) electrons. The number of carbonyl (C=O) groups is 2. The number of aromatic nitrogens is 1. The van der Waals surface area contributed by atoms with Crippen LogP contribution in [0, 0.1) is 0 Å². The average Bonchev–Trinajstić information content (AvgIpc) is 2.60. The Morgan fingerprint density at radius 1 is 0.960 bits per heavy atom. The van der Waals surface area contributed by atoms with Crippen molar-refractivity contribution in [3.63, 3.8) is 0 Å². The second-order valence-electron chi connectivity index (χ2n) is 5.97. The number of carbonyl (C=O) groups excluding carboxylic acids is 2. The van der Waals surface area contributed by atoms with Crippen molar-refractivity contribution in [2.75, 3.05) is 30.8 Å². The largest absolute Gasteiger partial charge is 0.326 e. The highest BCUT2D eigenvalue weighted by molar-refractivity contribution is 5.92. The van der Waals surface area contributed by atoms with E-state index >= 15 is 0 Å². The normalized spacial score (nSPS) is 10.5. The van der Waals surface area contributed by atoms with Crippen LogP contribution in [0.4, 0.5) is 11.4 Å². The third kappa shape index (κ3) is 7.14. The van der Waals surface area contributed by atoms with Gasteiger partial charge in [0, 0.05) is 50.2 Å². The monoisotopic (exact) mass is 340 g/mol. The molecular weight excluding hydrogens is 316 g/mol. The molecule has 2 N–H and O–H groups in total. The van der Waals surface area contributed by atoms with Crippen LogP contribution < -0.4 is 10.6 Å². The summed E-state index contributed by atoms with van der Waals surface area (Å²) in [5.74, 6) is -0.144. The van der Waals surface area contributed by atoms with Gasteiger partial charge in [0.1, 0.15) is 0 Å². The SMILES string of the molecule is CC(=O)Nc1ccc(NC(=O)CCN(C)CCc2ccncc2)cc1. The van der Waals surface area contributed by atoms with E-state index in [0.717, 1.165) is 18.7 Å². The molecule has 0 fully saturated rings. The van der Waals surface area contributed by atoms with E-state index in [1.165, 1.54) is 12.5 Å². The van der Waals surface area contributed by atoms with Gasteiger partial charge in [0.25, 0.3) is 0 Å². The molecule has 0 saturated carbocycles. The molecule has 6 nitrogen and oxygen atoms in total. The predicted molar refractivity (Wildman–Crippen MR) is 99.4 cm³/mol. The van der Waals surface area contributed by atoms with Crippen molar-refractivity contribution in [2.45, 2.75) is 19.8 Å². The lowest BCUT2D eigenvalue weighted by molar-refractivity contribution is -0.116. The van der Waals surface area contributed by atoms with Gasteiger partial charge in [0.2, 0.25) is 11.8 Å². The molecule has 1 aromatic carbocycles. The van der Waals surface area contributed by atoms with Gasteiger partial charge in [-0.1, -0.05) is 0 Å². The first-order valence-corrected chi connectivity index (χ1v) is 8.28. The maximum atomic E-state index is 12.0. The Balaban J connectivity index is 1.70. The Hall–Kier alpha value is -2.73. The molecule has 25 heavy (non-hydrogen) atoms. The van der Waals surface area contributed by atoms with Gasteiger partial charge < -0.3 is 15.5 Å². The molecule has 0 unspecified atom stereocenters. The van der Waals surface area contributed by atoms with Crippen LogP contribution in [0.2, 0.25) is 0 Å². The minimum Gasteiger partial charge on any atom is -0.326 e. The van der Waals surface area contributed by atoms with Crippen LogP contribution in [0.3, 0.4) is 0 Å². The Morgan fingerprint density at radius 2 is 1.56 bits per heavy atom. The zero-order valence-electron chi connectivity index (χ0n) is 14.7. The summed E-state index contributed by atoms with van der Waals surface area (Å²) in [6, 6.07) is 11.1. The van der Waals surface area contributed by atoms with Gasteiger partial charge in [-0.2, -0.15) is 0 Å². The molecule has 0 atom stereocenters. The number of nitrogens with zero attached hydrogens (tertiary/aromatic N) is 2. The Bertz CT molecular complexity index is 686. The zero-order chi connectivity index (χ0) is 18.1. The molecule has 6 heteroatoms. The highest BCUT2D eigenvalue weighted by Crippen LogP contribution is 2.13. The molecule has 1 heterocycles. The van der Waals surface area contributed by atoms with Crippen molar-refractivity contribution in [1.29, 1.82) is 0 Å². The van der Waals surface area contributed by atoms with Crippen LogP contribution in [0.25, 0.3) is 0 Å². The van der Waals surface area contributed by atoms with Gasteiger partial charge in [-0.25, -0.2) is 0 Å². The number of pyridine rings is 1. The second kappa shape index (κ2) is 9.54. The summed E-state index contributed by atoms with van der Waals surface area (Å²) in [6.07, 6.45) is 4.95. The smallest absolute Gasteiger partial charge is 0.225 e. The van der Waals surface area contributed by atoms with Crippen LogP contribution >= 0.6 is 0 Å². The Kier molecular flexibility index (Phi) is 7.10. The minimum absolute atomic E-state index is 0.0250.